The van der Waals surface area contributed by atoms with Crippen molar-refractivity contribution in [2.24, 2.45) is 0 Å². The average Bonchev–Trinajstić information content (AvgIpc) is 3.03. The molecule has 1 aliphatic heterocycles. The summed E-state index contributed by atoms with van der Waals surface area (Å²) in [5.74, 6) is -0.108. The van der Waals surface area contributed by atoms with Crippen LogP contribution in [0.5, 0.6) is 0 Å². The molecule has 1 saturated carbocycles. The van der Waals surface area contributed by atoms with Gasteiger partial charge in [-0.1, -0.05) is 25.3 Å². The van der Waals surface area contributed by atoms with Gasteiger partial charge in [-0.3, -0.25) is 14.6 Å². The number of aryl methyl sites for hydroxylation is 2. The number of rotatable bonds is 5. The number of amides is 2. The average molecular weight is 443 g/mol. The lowest BCUT2D eigenvalue weighted by Gasteiger charge is -2.34. The SMILES string of the molecule is Cc1nc(C)c(C(=O)N2CC(=O)N(C3CCCCC3)C[C@H](OCc3cccnc3)C2)s1. The zero-order valence-corrected chi connectivity index (χ0v) is 19.1. The van der Waals surface area contributed by atoms with Crippen LogP contribution in [0.25, 0.3) is 0 Å². The first-order valence-corrected chi connectivity index (χ1v) is 11.9. The molecule has 4 rings (SSSR count). The molecule has 0 N–H and O–H groups in total. The van der Waals surface area contributed by atoms with Crippen LogP contribution in [-0.2, 0) is 16.1 Å². The van der Waals surface area contributed by atoms with E-state index >= 15 is 0 Å². The van der Waals surface area contributed by atoms with Gasteiger partial charge in [0.05, 0.1) is 23.4 Å². The van der Waals surface area contributed by atoms with Gasteiger partial charge in [0.25, 0.3) is 5.91 Å². The van der Waals surface area contributed by atoms with E-state index in [4.69, 9.17) is 4.74 Å². The zero-order valence-electron chi connectivity index (χ0n) is 18.2. The molecule has 1 atom stereocenters. The first-order chi connectivity index (χ1) is 15.0. The Morgan fingerprint density at radius 1 is 1.23 bits per heavy atom. The minimum atomic E-state index is -0.244. The van der Waals surface area contributed by atoms with Gasteiger partial charge >= 0.3 is 0 Å². The highest BCUT2D eigenvalue weighted by Crippen LogP contribution is 2.26. The zero-order chi connectivity index (χ0) is 21.8. The van der Waals surface area contributed by atoms with Crippen LogP contribution in [0.15, 0.2) is 24.5 Å². The molecular formula is C23H30N4O3S. The van der Waals surface area contributed by atoms with Crippen LogP contribution < -0.4 is 0 Å². The molecule has 31 heavy (non-hydrogen) atoms. The molecule has 0 spiro atoms. The third-order valence-corrected chi connectivity index (χ3v) is 7.14. The number of nitrogens with zero attached hydrogens (tertiary/aromatic N) is 4. The molecule has 3 heterocycles. The highest BCUT2D eigenvalue weighted by molar-refractivity contribution is 7.13. The van der Waals surface area contributed by atoms with Crippen LogP contribution in [0, 0.1) is 13.8 Å². The van der Waals surface area contributed by atoms with Crippen LogP contribution in [0.4, 0.5) is 0 Å². The Hall–Kier alpha value is -2.32. The van der Waals surface area contributed by atoms with Crippen LogP contribution in [-0.4, -0.2) is 63.4 Å². The van der Waals surface area contributed by atoms with Crippen LogP contribution in [0.2, 0.25) is 0 Å². The normalized spacial score (nSPS) is 20.7. The van der Waals surface area contributed by atoms with E-state index in [1.807, 2.05) is 30.9 Å². The van der Waals surface area contributed by atoms with E-state index in [0.29, 0.717) is 24.6 Å². The number of pyridine rings is 1. The molecule has 0 aromatic carbocycles. The molecule has 0 unspecified atom stereocenters. The molecule has 0 radical (unpaired) electrons. The minimum absolute atomic E-state index is 0.0200. The van der Waals surface area contributed by atoms with Crippen molar-refractivity contribution in [1.82, 2.24) is 19.8 Å². The Morgan fingerprint density at radius 3 is 2.71 bits per heavy atom. The number of hydrogen-bond acceptors (Lipinski definition) is 6. The predicted octanol–water partition coefficient (Wildman–Crippen LogP) is 3.36. The van der Waals surface area contributed by atoms with E-state index in [2.05, 4.69) is 9.97 Å². The number of hydrogen-bond donors (Lipinski definition) is 0. The molecule has 2 amide bonds. The van der Waals surface area contributed by atoms with Crippen molar-refractivity contribution in [3.05, 3.63) is 45.7 Å². The second-order valence-electron chi connectivity index (χ2n) is 8.47. The van der Waals surface area contributed by atoms with Crippen molar-refractivity contribution in [2.45, 2.75) is 64.7 Å². The van der Waals surface area contributed by atoms with Gasteiger partial charge < -0.3 is 14.5 Å². The van der Waals surface area contributed by atoms with Crippen LogP contribution in [0.3, 0.4) is 0 Å². The smallest absolute Gasteiger partial charge is 0.266 e. The first-order valence-electron chi connectivity index (χ1n) is 11.0. The third-order valence-electron chi connectivity index (χ3n) is 6.08. The molecule has 1 aliphatic carbocycles. The molecule has 2 aromatic rings. The molecule has 166 valence electrons. The summed E-state index contributed by atoms with van der Waals surface area (Å²) >= 11 is 1.39. The van der Waals surface area contributed by atoms with Gasteiger partial charge in [-0.2, -0.15) is 0 Å². The van der Waals surface area contributed by atoms with Crippen molar-refractivity contribution < 1.29 is 14.3 Å². The summed E-state index contributed by atoms with van der Waals surface area (Å²) < 4.78 is 6.23. The van der Waals surface area contributed by atoms with E-state index in [1.165, 1.54) is 17.8 Å². The van der Waals surface area contributed by atoms with Gasteiger partial charge in [-0.25, -0.2) is 4.98 Å². The lowest BCUT2D eigenvalue weighted by Crippen LogP contribution is -2.46. The third kappa shape index (κ3) is 5.30. The van der Waals surface area contributed by atoms with Crippen molar-refractivity contribution in [1.29, 1.82) is 0 Å². The van der Waals surface area contributed by atoms with Gasteiger partial charge in [-0.05, 0) is 38.3 Å². The Labute approximate surface area is 187 Å². The summed E-state index contributed by atoms with van der Waals surface area (Å²) in [6.07, 6.45) is 8.87. The summed E-state index contributed by atoms with van der Waals surface area (Å²) in [6.45, 7) is 5.16. The van der Waals surface area contributed by atoms with E-state index in [1.54, 1.807) is 17.3 Å². The van der Waals surface area contributed by atoms with Crippen molar-refractivity contribution in [3.8, 4) is 0 Å². The fourth-order valence-corrected chi connectivity index (χ4v) is 5.41. The first kappa shape index (κ1) is 21.9. The Morgan fingerprint density at radius 2 is 2.03 bits per heavy atom. The number of thiazole rings is 1. The maximum absolute atomic E-state index is 13.3. The van der Waals surface area contributed by atoms with E-state index < -0.39 is 0 Å². The van der Waals surface area contributed by atoms with E-state index in [9.17, 15) is 9.59 Å². The highest BCUT2D eigenvalue weighted by Gasteiger charge is 2.35. The maximum atomic E-state index is 13.3. The Bertz CT molecular complexity index is 911. The molecular weight excluding hydrogens is 412 g/mol. The summed E-state index contributed by atoms with van der Waals surface area (Å²) in [5, 5.41) is 0.857. The summed E-state index contributed by atoms with van der Waals surface area (Å²) in [6, 6.07) is 4.10. The second kappa shape index (κ2) is 9.87. The van der Waals surface area contributed by atoms with E-state index in [0.717, 1.165) is 41.9 Å². The van der Waals surface area contributed by atoms with Crippen LogP contribution in [0.1, 0.15) is 58.0 Å². The number of ether oxygens (including phenoxy) is 1. The largest absolute Gasteiger partial charge is 0.370 e. The molecule has 2 aromatic heterocycles. The van der Waals surface area contributed by atoms with E-state index in [-0.39, 0.29) is 30.5 Å². The molecule has 2 aliphatic rings. The maximum Gasteiger partial charge on any atom is 0.266 e. The van der Waals surface area contributed by atoms with Crippen molar-refractivity contribution in [2.75, 3.05) is 19.6 Å². The monoisotopic (exact) mass is 442 g/mol. The second-order valence-corrected chi connectivity index (χ2v) is 9.67. The van der Waals surface area contributed by atoms with Crippen LogP contribution >= 0.6 is 11.3 Å². The quantitative estimate of drug-likeness (QED) is 0.710. The lowest BCUT2D eigenvalue weighted by molar-refractivity contribution is -0.134. The molecule has 1 saturated heterocycles. The predicted molar refractivity (Wildman–Crippen MR) is 119 cm³/mol. The fourth-order valence-electron chi connectivity index (χ4n) is 4.52. The summed E-state index contributed by atoms with van der Waals surface area (Å²) in [4.78, 5) is 39.3. The molecule has 8 heteroatoms. The number of aromatic nitrogens is 2. The molecule has 0 bridgehead atoms. The number of carbonyl (C=O) groups excluding carboxylic acids is 2. The van der Waals surface area contributed by atoms with Crippen molar-refractivity contribution >= 4 is 23.2 Å². The molecule has 2 fully saturated rings. The topological polar surface area (TPSA) is 75.6 Å². The van der Waals surface area contributed by atoms with Crippen molar-refractivity contribution in [3.63, 3.8) is 0 Å². The lowest BCUT2D eigenvalue weighted by atomic mass is 9.94. The standard InChI is InChI=1S/C23H30N4O3S/c1-16-22(31-17(2)25-16)23(29)26-12-20(30-15-18-7-6-10-24-11-18)13-27(21(28)14-26)19-8-4-3-5-9-19/h6-7,10-11,19-20H,3-5,8-9,12-15H2,1-2H3/t20-/m1/s1. The highest BCUT2D eigenvalue weighted by atomic mass is 32.1. The van der Waals surface area contributed by atoms with Gasteiger partial charge in [-0.15, -0.1) is 11.3 Å². The van der Waals surface area contributed by atoms with Gasteiger partial charge in [0, 0.05) is 31.5 Å². The summed E-state index contributed by atoms with van der Waals surface area (Å²) in [7, 11) is 0. The Kier molecular flexibility index (Phi) is 6.97. The number of carbonyl (C=O) groups is 2. The van der Waals surface area contributed by atoms with Gasteiger partial charge in [0.1, 0.15) is 11.4 Å². The minimum Gasteiger partial charge on any atom is -0.370 e. The van der Waals surface area contributed by atoms with Gasteiger partial charge in [0.15, 0.2) is 0 Å². The fraction of sp³-hybridized carbons (Fsp3) is 0.565. The summed E-state index contributed by atoms with van der Waals surface area (Å²) in [5.41, 5.74) is 1.70. The Balaban J connectivity index is 1.54. The van der Waals surface area contributed by atoms with Gasteiger partial charge in [0.2, 0.25) is 5.91 Å². The molecule has 7 nitrogen and oxygen atoms in total.